The molecule has 2 amide bonds. The number of carbonyl (C=O) groups excluding carboxylic acids is 2. The molecule has 0 unspecified atom stereocenters. The number of esters is 1. The van der Waals surface area contributed by atoms with Gasteiger partial charge in [-0.1, -0.05) is 66.7 Å². The first-order valence-electron chi connectivity index (χ1n) is 15.2. The number of carbonyl (C=O) groups is 2. The molecular formula is C34H41N3O7. The predicted molar refractivity (Wildman–Crippen MR) is 164 cm³/mol. The summed E-state index contributed by atoms with van der Waals surface area (Å²) < 4.78 is 23.4. The maximum absolute atomic E-state index is 12.1. The van der Waals surface area contributed by atoms with Crippen LogP contribution in [0.25, 0.3) is 11.1 Å². The smallest absolute Gasteiger partial charge is 0.325 e. The number of aliphatic hydroxyl groups is 1. The molecular weight excluding hydrogens is 562 g/mol. The van der Waals surface area contributed by atoms with Crippen molar-refractivity contribution in [3.05, 3.63) is 95.1 Å². The number of hydrogen-bond acceptors (Lipinski definition) is 8. The molecule has 3 atom stereocenters. The second kappa shape index (κ2) is 15.8. The van der Waals surface area contributed by atoms with E-state index in [2.05, 4.69) is 27.7 Å². The molecule has 0 aromatic heterocycles. The minimum atomic E-state index is -0.519. The average Bonchev–Trinajstić information content (AvgIpc) is 3.07. The lowest BCUT2D eigenvalue weighted by atomic mass is 9.99. The summed E-state index contributed by atoms with van der Waals surface area (Å²) in [5, 5.41) is 14.7. The van der Waals surface area contributed by atoms with Crippen LogP contribution >= 0.6 is 0 Å². The van der Waals surface area contributed by atoms with Crippen molar-refractivity contribution in [2.45, 2.75) is 45.0 Å². The van der Waals surface area contributed by atoms with Crippen molar-refractivity contribution < 1.29 is 33.6 Å². The van der Waals surface area contributed by atoms with Gasteiger partial charge in [0, 0.05) is 38.2 Å². The van der Waals surface area contributed by atoms with E-state index in [9.17, 15) is 14.7 Å². The molecule has 0 saturated carbocycles. The summed E-state index contributed by atoms with van der Waals surface area (Å²) in [6, 6.07) is 23.6. The van der Waals surface area contributed by atoms with Crippen LogP contribution in [-0.2, 0) is 36.9 Å². The highest BCUT2D eigenvalue weighted by Crippen LogP contribution is 2.38. The predicted octanol–water partition coefficient (Wildman–Crippen LogP) is 4.09. The number of nitrogens with zero attached hydrogens (tertiary/aromatic N) is 1. The Hall–Kier alpha value is -3.80. The van der Waals surface area contributed by atoms with Crippen LogP contribution < -0.4 is 10.6 Å². The molecule has 3 aromatic carbocycles. The van der Waals surface area contributed by atoms with E-state index in [4.69, 9.17) is 18.9 Å². The number of hydrogen-bond donors (Lipinski definition) is 3. The van der Waals surface area contributed by atoms with E-state index in [1.54, 1.807) is 6.92 Å². The molecule has 2 aliphatic rings. The van der Waals surface area contributed by atoms with Crippen LogP contribution in [-0.4, -0.2) is 74.1 Å². The normalized spacial score (nSPS) is 20.5. The molecule has 2 heterocycles. The number of nitrogens with one attached hydrogen (secondary N) is 2. The number of ether oxygens (including phenoxy) is 4. The Kier molecular flexibility index (Phi) is 11.3. The number of benzene rings is 3. The lowest BCUT2D eigenvalue weighted by Gasteiger charge is -2.39. The van der Waals surface area contributed by atoms with Gasteiger partial charge >= 0.3 is 12.0 Å². The molecule has 2 saturated heterocycles. The van der Waals surface area contributed by atoms with Gasteiger partial charge in [-0.05, 0) is 40.8 Å². The molecule has 44 heavy (non-hydrogen) atoms. The first-order chi connectivity index (χ1) is 21.5. The van der Waals surface area contributed by atoms with E-state index < -0.39 is 18.3 Å². The fraction of sp³-hybridized carbons (Fsp3) is 0.412. The van der Waals surface area contributed by atoms with Crippen LogP contribution in [0.4, 0.5) is 4.79 Å². The summed E-state index contributed by atoms with van der Waals surface area (Å²) >= 11 is 0. The molecule has 0 radical (unpaired) electrons. The molecule has 10 nitrogen and oxygen atoms in total. The van der Waals surface area contributed by atoms with Crippen LogP contribution in [0.3, 0.4) is 0 Å². The summed E-state index contributed by atoms with van der Waals surface area (Å²) in [7, 11) is 0. The molecule has 2 aliphatic heterocycles. The Morgan fingerprint density at radius 2 is 1.66 bits per heavy atom. The third-order valence-electron chi connectivity index (χ3n) is 7.78. The Morgan fingerprint density at radius 1 is 0.909 bits per heavy atom. The van der Waals surface area contributed by atoms with Crippen LogP contribution in [0, 0.1) is 0 Å². The van der Waals surface area contributed by atoms with Gasteiger partial charge in [0.15, 0.2) is 6.29 Å². The Labute approximate surface area is 258 Å². The summed E-state index contributed by atoms with van der Waals surface area (Å²) in [4.78, 5) is 25.9. The van der Waals surface area contributed by atoms with Gasteiger partial charge in [0.2, 0.25) is 0 Å². The second-order valence-corrected chi connectivity index (χ2v) is 10.9. The van der Waals surface area contributed by atoms with E-state index in [1.807, 2.05) is 60.7 Å². The standard InChI is InChI=1S/C34H41N3O7/c1-2-42-32(39)21-36-34(40)35-20-25-4-3-5-29(18-25)26-10-12-28(13-11-26)33-43-30(22-37-14-16-41-17-15-37)19-31(44-33)27-8-6-24(23-38)7-9-27/h3-13,18,30-31,33,38H,2,14-17,19-23H2,1H3,(H2,35,36,40)/t30-,31+,33+/m1/s1. The van der Waals surface area contributed by atoms with Crippen molar-refractivity contribution in [1.29, 1.82) is 0 Å². The SMILES string of the molecule is CCOC(=O)CNC(=O)NCc1cccc(-c2ccc([C@H]3O[C@@H](CN4CCOCC4)C[C@@H](c4ccc(CO)cc4)O3)cc2)c1. The summed E-state index contributed by atoms with van der Waals surface area (Å²) in [5.74, 6) is -0.475. The van der Waals surface area contributed by atoms with Crippen molar-refractivity contribution in [2.75, 3.05) is 46.0 Å². The van der Waals surface area contributed by atoms with Gasteiger partial charge in [-0.2, -0.15) is 0 Å². The molecule has 234 valence electrons. The monoisotopic (exact) mass is 603 g/mol. The molecule has 3 aromatic rings. The van der Waals surface area contributed by atoms with Gasteiger partial charge in [-0.15, -0.1) is 0 Å². The summed E-state index contributed by atoms with van der Waals surface area (Å²) in [5.41, 5.74) is 5.85. The highest BCUT2D eigenvalue weighted by molar-refractivity contribution is 5.80. The molecule has 0 bridgehead atoms. The van der Waals surface area contributed by atoms with Gasteiger partial charge in [-0.3, -0.25) is 9.69 Å². The first kappa shape index (κ1) is 31.6. The highest BCUT2D eigenvalue weighted by atomic mass is 16.7. The van der Waals surface area contributed by atoms with Crippen molar-refractivity contribution in [3.63, 3.8) is 0 Å². The third kappa shape index (κ3) is 8.87. The lowest BCUT2D eigenvalue weighted by molar-refractivity contribution is -0.253. The van der Waals surface area contributed by atoms with Crippen molar-refractivity contribution >= 4 is 12.0 Å². The largest absolute Gasteiger partial charge is 0.465 e. The van der Waals surface area contributed by atoms with E-state index >= 15 is 0 Å². The van der Waals surface area contributed by atoms with Gasteiger partial charge in [0.05, 0.1) is 38.6 Å². The quantitative estimate of drug-likeness (QED) is 0.281. The van der Waals surface area contributed by atoms with Gasteiger partial charge in [0.25, 0.3) is 0 Å². The van der Waals surface area contributed by atoms with Crippen molar-refractivity contribution in [2.24, 2.45) is 0 Å². The van der Waals surface area contributed by atoms with E-state index in [0.29, 0.717) is 6.54 Å². The third-order valence-corrected chi connectivity index (χ3v) is 7.78. The van der Waals surface area contributed by atoms with E-state index in [1.165, 1.54) is 0 Å². The molecule has 0 spiro atoms. The molecule has 10 heteroatoms. The van der Waals surface area contributed by atoms with E-state index in [0.717, 1.165) is 72.6 Å². The van der Waals surface area contributed by atoms with Gasteiger partial charge < -0.3 is 34.7 Å². The number of aliphatic hydroxyl groups excluding tert-OH is 1. The Balaban J connectivity index is 1.24. The molecule has 5 rings (SSSR count). The van der Waals surface area contributed by atoms with Gasteiger partial charge in [0.1, 0.15) is 6.54 Å². The Morgan fingerprint density at radius 3 is 2.39 bits per heavy atom. The highest BCUT2D eigenvalue weighted by Gasteiger charge is 2.33. The molecule has 3 N–H and O–H groups in total. The zero-order chi connectivity index (χ0) is 30.7. The maximum atomic E-state index is 12.1. The molecule has 2 fully saturated rings. The minimum Gasteiger partial charge on any atom is -0.465 e. The van der Waals surface area contributed by atoms with Crippen LogP contribution in [0.15, 0.2) is 72.8 Å². The number of urea groups is 1. The second-order valence-electron chi connectivity index (χ2n) is 10.9. The fourth-order valence-corrected chi connectivity index (χ4v) is 5.41. The fourth-order valence-electron chi connectivity index (χ4n) is 5.41. The zero-order valence-electron chi connectivity index (χ0n) is 25.1. The van der Waals surface area contributed by atoms with Crippen LogP contribution in [0.2, 0.25) is 0 Å². The summed E-state index contributed by atoms with van der Waals surface area (Å²) in [6.07, 6.45) is 0.0835. The van der Waals surface area contributed by atoms with Crippen molar-refractivity contribution in [3.8, 4) is 11.1 Å². The number of morpholine rings is 1. The number of amides is 2. The average molecular weight is 604 g/mol. The summed E-state index contributed by atoms with van der Waals surface area (Å²) in [6.45, 7) is 6.21. The lowest BCUT2D eigenvalue weighted by Crippen LogP contribution is -2.44. The topological polar surface area (TPSA) is 119 Å². The number of rotatable bonds is 11. The van der Waals surface area contributed by atoms with Crippen molar-refractivity contribution in [1.82, 2.24) is 15.5 Å². The van der Waals surface area contributed by atoms with E-state index in [-0.39, 0.29) is 32.0 Å². The Bertz CT molecular complexity index is 1360. The maximum Gasteiger partial charge on any atom is 0.325 e. The molecule has 0 aliphatic carbocycles. The van der Waals surface area contributed by atoms with Gasteiger partial charge in [-0.25, -0.2) is 4.79 Å². The van der Waals surface area contributed by atoms with Crippen LogP contribution in [0.1, 0.15) is 48.0 Å². The minimum absolute atomic E-state index is 0.00674. The zero-order valence-corrected chi connectivity index (χ0v) is 25.1. The van der Waals surface area contributed by atoms with Crippen LogP contribution in [0.5, 0.6) is 0 Å². The first-order valence-corrected chi connectivity index (χ1v) is 15.2.